The van der Waals surface area contributed by atoms with Gasteiger partial charge in [-0.3, -0.25) is 0 Å². The van der Waals surface area contributed by atoms with Gasteiger partial charge in [0.1, 0.15) is 5.82 Å². The van der Waals surface area contributed by atoms with Gasteiger partial charge in [0.05, 0.1) is 6.10 Å². The van der Waals surface area contributed by atoms with Crippen molar-refractivity contribution >= 4 is 17.5 Å². The maximum Gasteiger partial charge on any atom is 0.225 e. The lowest BCUT2D eigenvalue weighted by atomic mass is 9.83. The van der Waals surface area contributed by atoms with Crippen LogP contribution in [-0.4, -0.2) is 27.2 Å². The zero-order valence-electron chi connectivity index (χ0n) is 16.5. The first-order valence-corrected chi connectivity index (χ1v) is 10.8. The number of piperidine rings is 1. The van der Waals surface area contributed by atoms with Crippen LogP contribution in [-0.2, 0) is 0 Å². The van der Waals surface area contributed by atoms with E-state index in [2.05, 4.69) is 14.9 Å². The van der Waals surface area contributed by atoms with Crippen molar-refractivity contribution in [3.05, 3.63) is 77.3 Å². The molecule has 30 heavy (non-hydrogen) atoms. The van der Waals surface area contributed by atoms with Crippen LogP contribution in [0.2, 0.25) is 5.02 Å². The van der Waals surface area contributed by atoms with E-state index in [4.69, 9.17) is 11.6 Å². The summed E-state index contributed by atoms with van der Waals surface area (Å²) in [7, 11) is 0. The number of benzene rings is 2. The molecule has 0 amide bonds. The summed E-state index contributed by atoms with van der Waals surface area (Å²) in [6.07, 6.45) is 7.09. The summed E-state index contributed by atoms with van der Waals surface area (Å²) in [5.74, 6) is 0.682. The van der Waals surface area contributed by atoms with Gasteiger partial charge in [0.25, 0.3) is 0 Å². The van der Waals surface area contributed by atoms with Gasteiger partial charge < -0.3 is 10.0 Å². The van der Waals surface area contributed by atoms with Gasteiger partial charge in [-0.25, -0.2) is 14.4 Å². The Morgan fingerprint density at radius 1 is 1.00 bits per heavy atom. The van der Waals surface area contributed by atoms with Crippen LogP contribution in [0, 0.1) is 11.7 Å². The second-order valence-corrected chi connectivity index (χ2v) is 8.70. The fourth-order valence-corrected chi connectivity index (χ4v) is 5.25. The van der Waals surface area contributed by atoms with Crippen molar-refractivity contribution in [3.63, 3.8) is 0 Å². The average molecular weight is 424 g/mol. The summed E-state index contributed by atoms with van der Waals surface area (Å²) in [5, 5.41) is 11.6. The fourth-order valence-electron chi connectivity index (χ4n) is 5.08. The van der Waals surface area contributed by atoms with Crippen molar-refractivity contribution in [1.29, 1.82) is 0 Å². The number of hydrogen-bond acceptors (Lipinski definition) is 4. The first kappa shape index (κ1) is 19.5. The van der Waals surface area contributed by atoms with Gasteiger partial charge >= 0.3 is 0 Å². The van der Waals surface area contributed by atoms with Crippen molar-refractivity contribution in [2.45, 2.75) is 43.9 Å². The monoisotopic (exact) mass is 423 g/mol. The minimum Gasteiger partial charge on any atom is -0.388 e. The van der Waals surface area contributed by atoms with Gasteiger partial charge in [-0.15, -0.1) is 0 Å². The molecule has 0 saturated carbocycles. The van der Waals surface area contributed by atoms with Crippen LogP contribution in [0.15, 0.2) is 60.9 Å². The molecule has 0 radical (unpaired) electrons. The lowest BCUT2D eigenvalue weighted by Crippen LogP contribution is -2.45. The number of hydrogen-bond donors (Lipinski definition) is 1. The summed E-state index contributed by atoms with van der Waals surface area (Å²) in [6.45, 7) is 0. The molecule has 2 unspecified atom stereocenters. The lowest BCUT2D eigenvalue weighted by molar-refractivity contribution is 0.0824. The van der Waals surface area contributed by atoms with Gasteiger partial charge in [-0.1, -0.05) is 35.9 Å². The van der Waals surface area contributed by atoms with Crippen LogP contribution in [0.5, 0.6) is 0 Å². The highest BCUT2D eigenvalue weighted by Gasteiger charge is 2.44. The molecule has 3 aromatic rings. The largest absolute Gasteiger partial charge is 0.388 e. The van der Waals surface area contributed by atoms with E-state index in [-0.39, 0.29) is 11.7 Å². The highest BCUT2D eigenvalue weighted by atomic mass is 35.5. The SMILES string of the molecule is O[C@H](c1ccc(-c2cc(Cl)ccc2F)cc1)C1CC2CCC(C1)N2c1ncccn1. The number of aromatic nitrogens is 2. The molecular formula is C24H23ClFN3O. The van der Waals surface area contributed by atoms with E-state index in [0.717, 1.165) is 42.8 Å². The molecule has 0 aliphatic carbocycles. The molecule has 2 aliphatic rings. The van der Waals surface area contributed by atoms with Crippen LogP contribution < -0.4 is 4.90 Å². The zero-order chi connectivity index (χ0) is 20.7. The molecule has 5 rings (SSSR count). The van der Waals surface area contributed by atoms with Crippen LogP contribution >= 0.6 is 11.6 Å². The minimum atomic E-state index is -0.537. The summed E-state index contributed by atoms with van der Waals surface area (Å²) in [4.78, 5) is 11.2. The quantitative estimate of drug-likeness (QED) is 0.609. The first-order valence-electron chi connectivity index (χ1n) is 10.4. The number of nitrogens with zero attached hydrogens (tertiary/aromatic N) is 3. The van der Waals surface area contributed by atoms with Crippen LogP contribution in [0.25, 0.3) is 11.1 Å². The normalized spacial score (nSPS) is 24.1. The Morgan fingerprint density at radius 2 is 1.67 bits per heavy atom. The smallest absolute Gasteiger partial charge is 0.225 e. The molecule has 2 saturated heterocycles. The number of anilines is 1. The number of aliphatic hydroxyl groups is 1. The predicted molar refractivity (Wildman–Crippen MR) is 116 cm³/mol. The molecule has 3 heterocycles. The Bertz CT molecular complexity index is 1020. The molecule has 2 aliphatic heterocycles. The Hall–Kier alpha value is -2.50. The molecule has 1 aromatic heterocycles. The van der Waals surface area contributed by atoms with Crippen molar-refractivity contribution in [1.82, 2.24) is 9.97 Å². The maximum absolute atomic E-state index is 14.2. The number of fused-ring (bicyclic) bond motifs is 2. The van der Waals surface area contributed by atoms with Crippen molar-refractivity contribution in [3.8, 4) is 11.1 Å². The van der Waals surface area contributed by atoms with E-state index in [1.807, 2.05) is 30.3 Å². The number of aliphatic hydroxyl groups excluding tert-OH is 1. The predicted octanol–water partition coefficient (Wildman–Crippen LogP) is 5.42. The second-order valence-electron chi connectivity index (χ2n) is 8.26. The van der Waals surface area contributed by atoms with E-state index in [0.29, 0.717) is 22.7 Å². The standard InChI is InChI=1S/C24H23ClFN3O/c25-18-6-9-22(26)21(14-18)15-2-4-16(5-3-15)23(30)17-12-19-7-8-20(13-17)29(19)24-27-10-1-11-28-24/h1-6,9-11,14,17,19-20,23,30H,7-8,12-13H2/t17?,19?,20?,23-/m1/s1. The first-order chi connectivity index (χ1) is 14.6. The number of halogens is 2. The van der Waals surface area contributed by atoms with Crippen molar-refractivity contribution in [2.75, 3.05) is 4.90 Å². The summed E-state index contributed by atoms with van der Waals surface area (Å²) >= 11 is 6.02. The molecule has 0 spiro atoms. The van der Waals surface area contributed by atoms with Crippen molar-refractivity contribution < 1.29 is 9.50 Å². The zero-order valence-corrected chi connectivity index (χ0v) is 17.2. The third-order valence-electron chi connectivity index (χ3n) is 6.49. The van der Waals surface area contributed by atoms with Crippen LogP contribution in [0.4, 0.5) is 10.3 Å². The fraction of sp³-hybridized carbons (Fsp3) is 0.333. The third-order valence-corrected chi connectivity index (χ3v) is 6.73. The van der Waals surface area contributed by atoms with Gasteiger partial charge in [-0.2, -0.15) is 0 Å². The Balaban J connectivity index is 1.32. The van der Waals surface area contributed by atoms with Crippen molar-refractivity contribution in [2.24, 2.45) is 5.92 Å². The lowest BCUT2D eigenvalue weighted by Gasteiger charge is -2.40. The molecule has 4 nitrogen and oxygen atoms in total. The van der Waals surface area contributed by atoms with Gasteiger partial charge in [0, 0.05) is 35.1 Å². The van der Waals surface area contributed by atoms with Crippen LogP contribution in [0.1, 0.15) is 37.4 Å². The minimum absolute atomic E-state index is 0.191. The molecule has 2 fully saturated rings. The molecule has 6 heteroatoms. The molecule has 2 aromatic carbocycles. The molecule has 1 N–H and O–H groups in total. The van der Waals surface area contributed by atoms with Gasteiger partial charge in [0.15, 0.2) is 0 Å². The summed E-state index contributed by atoms with van der Waals surface area (Å²) in [5.41, 5.74) is 2.09. The van der Waals surface area contributed by atoms with E-state index >= 15 is 0 Å². The molecule has 2 bridgehead atoms. The summed E-state index contributed by atoms with van der Waals surface area (Å²) < 4.78 is 14.2. The molecule has 3 atom stereocenters. The topological polar surface area (TPSA) is 49.2 Å². The van der Waals surface area contributed by atoms with Gasteiger partial charge in [0.2, 0.25) is 5.95 Å². The van der Waals surface area contributed by atoms with Crippen LogP contribution in [0.3, 0.4) is 0 Å². The van der Waals surface area contributed by atoms with E-state index in [1.54, 1.807) is 24.5 Å². The maximum atomic E-state index is 14.2. The van der Waals surface area contributed by atoms with E-state index in [1.165, 1.54) is 6.07 Å². The highest BCUT2D eigenvalue weighted by Crippen LogP contribution is 2.44. The highest BCUT2D eigenvalue weighted by molar-refractivity contribution is 6.30. The Morgan fingerprint density at radius 3 is 2.33 bits per heavy atom. The second kappa shape index (κ2) is 7.97. The Labute approximate surface area is 180 Å². The Kier molecular flexibility index (Phi) is 5.17. The molecule has 154 valence electrons. The summed E-state index contributed by atoms with van der Waals surface area (Å²) in [6, 6.07) is 14.6. The third kappa shape index (κ3) is 3.57. The average Bonchev–Trinajstić information content (AvgIpc) is 3.05. The van der Waals surface area contributed by atoms with E-state index in [9.17, 15) is 9.50 Å². The molecular weight excluding hydrogens is 401 g/mol. The van der Waals surface area contributed by atoms with E-state index < -0.39 is 6.10 Å². The van der Waals surface area contributed by atoms with Gasteiger partial charge in [-0.05, 0) is 67.0 Å². The number of rotatable bonds is 4.